The Morgan fingerprint density at radius 3 is 2.36 bits per heavy atom. The van der Waals surface area contributed by atoms with E-state index in [1.165, 1.54) is 6.07 Å². The van der Waals surface area contributed by atoms with Gasteiger partial charge in [-0.05, 0) is 37.5 Å². The van der Waals surface area contributed by atoms with Gasteiger partial charge in [0.05, 0.1) is 16.3 Å². The molecule has 0 radical (unpaired) electrons. The lowest BCUT2D eigenvalue weighted by atomic mass is 10.0. The fraction of sp³-hybridized carbons (Fsp3) is 0.600. The Morgan fingerprint density at radius 2 is 1.84 bits per heavy atom. The molecule has 0 unspecified atom stereocenters. The molecule has 0 saturated heterocycles. The molecule has 1 aromatic carbocycles. The van der Waals surface area contributed by atoms with Gasteiger partial charge in [-0.25, -0.2) is 25.9 Å². The van der Waals surface area contributed by atoms with E-state index in [1.807, 2.05) is 0 Å². The highest BCUT2D eigenvalue weighted by molar-refractivity contribution is 7.92. The molecule has 0 spiro atoms. The molecule has 1 aliphatic carbocycles. The third-order valence-electron chi connectivity index (χ3n) is 4.29. The molecule has 0 atom stereocenters. The summed E-state index contributed by atoms with van der Waals surface area (Å²) in [7, 11) is -7.61. The first-order chi connectivity index (χ1) is 11.6. The van der Waals surface area contributed by atoms with Crippen LogP contribution in [0.1, 0.15) is 39.0 Å². The fourth-order valence-electron chi connectivity index (χ4n) is 2.98. The van der Waals surface area contributed by atoms with Crippen molar-refractivity contribution in [2.75, 3.05) is 17.0 Å². The second-order valence-corrected chi connectivity index (χ2v) is 9.88. The van der Waals surface area contributed by atoms with Crippen molar-refractivity contribution in [2.45, 2.75) is 49.5 Å². The molecule has 1 fully saturated rings. The number of hydrogen-bond donors (Lipinski definition) is 3. The molecule has 142 valence electrons. The Hall–Kier alpha value is -1.23. The number of halogens is 1. The monoisotopic (exact) mass is 393 g/mol. The van der Waals surface area contributed by atoms with Gasteiger partial charge in [-0.1, -0.05) is 19.8 Å². The minimum atomic E-state index is -3.95. The summed E-state index contributed by atoms with van der Waals surface area (Å²) in [6, 6.07) is 3.10. The molecule has 0 heterocycles. The van der Waals surface area contributed by atoms with E-state index < -0.39 is 31.4 Å². The predicted octanol–water partition coefficient (Wildman–Crippen LogP) is 1.53. The van der Waals surface area contributed by atoms with E-state index in [1.54, 1.807) is 6.92 Å². The Morgan fingerprint density at radius 1 is 1.20 bits per heavy atom. The number of sulfonamides is 2. The van der Waals surface area contributed by atoms with Crippen LogP contribution >= 0.6 is 0 Å². The summed E-state index contributed by atoms with van der Waals surface area (Å²) < 4.78 is 67.4. The molecule has 7 nitrogen and oxygen atoms in total. The van der Waals surface area contributed by atoms with E-state index in [2.05, 4.69) is 9.44 Å². The maximum Gasteiger partial charge on any atom is 0.241 e. The maximum absolute atomic E-state index is 14.2. The topological polar surface area (TPSA) is 118 Å². The molecule has 1 saturated carbocycles. The Labute approximate surface area is 148 Å². The zero-order valence-corrected chi connectivity index (χ0v) is 15.7. The minimum Gasteiger partial charge on any atom is -0.329 e. The highest BCUT2D eigenvalue weighted by Crippen LogP contribution is 2.31. The van der Waals surface area contributed by atoms with Crippen molar-refractivity contribution in [3.63, 3.8) is 0 Å². The van der Waals surface area contributed by atoms with Crippen LogP contribution in [0, 0.1) is 5.82 Å². The average molecular weight is 394 g/mol. The van der Waals surface area contributed by atoms with Crippen molar-refractivity contribution in [2.24, 2.45) is 5.73 Å². The highest BCUT2D eigenvalue weighted by Gasteiger charge is 2.37. The number of nitrogens with two attached hydrogens (primary N) is 1. The normalized spacial score (nSPS) is 17.6. The van der Waals surface area contributed by atoms with Crippen molar-refractivity contribution in [1.82, 2.24) is 4.72 Å². The van der Waals surface area contributed by atoms with Gasteiger partial charge in [0.2, 0.25) is 20.0 Å². The molecule has 0 aromatic heterocycles. The highest BCUT2D eigenvalue weighted by atomic mass is 32.2. The van der Waals surface area contributed by atoms with E-state index in [0.29, 0.717) is 19.3 Å². The second kappa shape index (κ2) is 7.56. The minimum absolute atomic E-state index is 0.146. The lowest BCUT2D eigenvalue weighted by Crippen LogP contribution is -2.51. The van der Waals surface area contributed by atoms with Crippen LogP contribution < -0.4 is 15.2 Å². The summed E-state index contributed by atoms with van der Waals surface area (Å²) in [4.78, 5) is -0.261. The van der Waals surface area contributed by atoms with Gasteiger partial charge in [0, 0.05) is 12.1 Å². The van der Waals surface area contributed by atoms with Gasteiger partial charge in [-0.15, -0.1) is 0 Å². The van der Waals surface area contributed by atoms with Crippen LogP contribution in [0.15, 0.2) is 23.1 Å². The second-order valence-electron chi connectivity index (χ2n) is 6.36. The first-order valence-corrected chi connectivity index (χ1v) is 11.3. The van der Waals surface area contributed by atoms with E-state index in [4.69, 9.17) is 5.73 Å². The van der Waals surface area contributed by atoms with E-state index >= 15 is 0 Å². The molecule has 0 aliphatic heterocycles. The van der Waals surface area contributed by atoms with Gasteiger partial charge in [-0.3, -0.25) is 4.72 Å². The molecule has 10 heteroatoms. The molecule has 0 amide bonds. The number of rotatable bonds is 8. The van der Waals surface area contributed by atoms with Crippen LogP contribution in [-0.2, 0) is 20.0 Å². The SMILES string of the molecule is CCCS(=O)(=O)Nc1ccc(S(=O)(=O)NC2(CN)CCCC2)cc1F. The summed E-state index contributed by atoms with van der Waals surface area (Å²) in [5.41, 5.74) is 4.75. The van der Waals surface area contributed by atoms with Gasteiger partial charge in [0.1, 0.15) is 5.82 Å². The lowest BCUT2D eigenvalue weighted by Gasteiger charge is -2.28. The van der Waals surface area contributed by atoms with Crippen LogP contribution in [0.25, 0.3) is 0 Å². The summed E-state index contributed by atoms with van der Waals surface area (Å²) in [5, 5.41) is 0. The Bertz CT molecular complexity index is 819. The lowest BCUT2D eigenvalue weighted by molar-refractivity contribution is 0.399. The standard InChI is InChI=1S/C15H24FN3O4S2/c1-2-9-24(20,21)18-14-6-5-12(10-13(14)16)25(22,23)19-15(11-17)7-3-4-8-15/h5-6,10,18-19H,2-4,7-9,11,17H2,1H3. The van der Waals surface area contributed by atoms with Crippen molar-refractivity contribution in [3.8, 4) is 0 Å². The van der Waals surface area contributed by atoms with Crippen LogP contribution in [0.4, 0.5) is 10.1 Å². The fourth-order valence-corrected chi connectivity index (χ4v) is 5.60. The maximum atomic E-state index is 14.2. The zero-order chi connectivity index (χ0) is 18.7. The van der Waals surface area contributed by atoms with Gasteiger partial charge in [0.25, 0.3) is 0 Å². The number of hydrogen-bond acceptors (Lipinski definition) is 5. The first kappa shape index (κ1) is 20.1. The van der Waals surface area contributed by atoms with Gasteiger partial charge >= 0.3 is 0 Å². The number of nitrogens with one attached hydrogen (secondary N) is 2. The van der Waals surface area contributed by atoms with Crippen molar-refractivity contribution < 1.29 is 21.2 Å². The summed E-state index contributed by atoms with van der Waals surface area (Å²) in [5.74, 6) is -1.09. The molecule has 2 rings (SSSR count). The summed E-state index contributed by atoms with van der Waals surface area (Å²) in [6.07, 6.45) is 3.42. The van der Waals surface area contributed by atoms with Crippen LogP contribution in [0.3, 0.4) is 0 Å². The molecule has 1 aromatic rings. The van der Waals surface area contributed by atoms with Crippen LogP contribution in [0.5, 0.6) is 0 Å². The average Bonchev–Trinajstić information content (AvgIpc) is 2.97. The van der Waals surface area contributed by atoms with Gasteiger partial charge in [-0.2, -0.15) is 0 Å². The molecule has 4 N–H and O–H groups in total. The summed E-state index contributed by atoms with van der Waals surface area (Å²) in [6.45, 7) is 1.86. The Kier molecular flexibility index (Phi) is 6.08. The third-order valence-corrected chi connectivity index (χ3v) is 7.34. The van der Waals surface area contributed by atoms with Crippen LogP contribution in [0.2, 0.25) is 0 Å². The molecule has 0 bridgehead atoms. The predicted molar refractivity (Wildman–Crippen MR) is 94.7 cm³/mol. The quantitative estimate of drug-likeness (QED) is 0.619. The molecule has 1 aliphatic rings. The molecule has 25 heavy (non-hydrogen) atoms. The number of anilines is 1. The zero-order valence-electron chi connectivity index (χ0n) is 14.1. The molecular weight excluding hydrogens is 369 g/mol. The smallest absolute Gasteiger partial charge is 0.241 e. The van der Waals surface area contributed by atoms with E-state index in [9.17, 15) is 21.2 Å². The largest absolute Gasteiger partial charge is 0.329 e. The summed E-state index contributed by atoms with van der Waals surface area (Å²) >= 11 is 0. The van der Waals surface area contributed by atoms with Crippen LogP contribution in [-0.4, -0.2) is 34.7 Å². The number of benzene rings is 1. The van der Waals surface area contributed by atoms with E-state index in [-0.39, 0.29) is 22.9 Å². The Balaban J connectivity index is 2.24. The van der Waals surface area contributed by atoms with Crippen molar-refractivity contribution >= 4 is 25.7 Å². The third kappa shape index (κ3) is 4.90. The van der Waals surface area contributed by atoms with E-state index in [0.717, 1.165) is 25.0 Å². The van der Waals surface area contributed by atoms with Crippen molar-refractivity contribution in [3.05, 3.63) is 24.0 Å². The van der Waals surface area contributed by atoms with Gasteiger partial charge < -0.3 is 5.73 Å². The van der Waals surface area contributed by atoms with Crippen molar-refractivity contribution in [1.29, 1.82) is 0 Å². The first-order valence-electron chi connectivity index (χ1n) is 8.17. The van der Waals surface area contributed by atoms with Gasteiger partial charge in [0.15, 0.2) is 0 Å². The molecular formula is C15H24FN3O4S2.